The first kappa shape index (κ1) is 11.0. The van der Waals surface area contributed by atoms with E-state index >= 15 is 0 Å². The zero-order valence-corrected chi connectivity index (χ0v) is 10.4. The summed E-state index contributed by atoms with van der Waals surface area (Å²) >= 11 is 0. The van der Waals surface area contributed by atoms with Crippen molar-refractivity contribution in [1.29, 1.82) is 0 Å². The number of nitrogens with zero attached hydrogens (tertiary/aromatic N) is 2. The van der Waals surface area contributed by atoms with Crippen LogP contribution in [0, 0.1) is 6.92 Å². The number of H-pyrrole nitrogens is 1. The maximum Gasteiger partial charge on any atom is 0.106 e. The van der Waals surface area contributed by atoms with Gasteiger partial charge in [0.05, 0.1) is 5.69 Å². The second kappa shape index (κ2) is 4.31. The van der Waals surface area contributed by atoms with Crippen LogP contribution in [0.2, 0.25) is 0 Å². The summed E-state index contributed by atoms with van der Waals surface area (Å²) in [4.78, 5) is 7.88. The van der Waals surface area contributed by atoms with Crippen molar-refractivity contribution in [3.05, 3.63) is 42.5 Å². The lowest BCUT2D eigenvalue weighted by molar-refractivity contribution is 0.684. The molecule has 0 spiro atoms. The van der Waals surface area contributed by atoms with Crippen LogP contribution in [-0.2, 0) is 6.54 Å². The molecule has 0 bridgehead atoms. The predicted octanol–water partition coefficient (Wildman–Crippen LogP) is 2.30. The van der Waals surface area contributed by atoms with Crippen molar-refractivity contribution >= 4 is 10.9 Å². The molecule has 0 unspecified atom stereocenters. The van der Waals surface area contributed by atoms with E-state index in [9.17, 15) is 0 Å². The van der Waals surface area contributed by atoms with Gasteiger partial charge in [0.1, 0.15) is 5.82 Å². The molecule has 2 heterocycles. The van der Waals surface area contributed by atoms with E-state index in [1.807, 2.05) is 25.3 Å². The molecule has 3 N–H and O–H groups in total. The highest BCUT2D eigenvalue weighted by molar-refractivity contribution is 5.94. The number of hydrogen-bond donors (Lipinski definition) is 2. The number of aromatic amines is 1. The van der Waals surface area contributed by atoms with Gasteiger partial charge in [0.25, 0.3) is 0 Å². The Kier molecular flexibility index (Phi) is 2.64. The average molecular weight is 240 g/mol. The number of imidazole rings is 1. The quantitative estimate of drug-likeness (QED) is 0.738. The minimum atomic E-state index is 0.629. The van der Waals surface area contributed by atoms with Crippen LogP contribution in [0.1, 0.15) is 5.82 Å². The number of nitrogens with two attached hydrogens (primary N) is 1. The molecule has 3 rings (SSSR count). The van der Waals surface area contributed by atoms with E-state index in [1.165, 1.54) is 5.39 Å². The second-order valence-electron chi connectivity index (χ2n) is 4.40. The van der Waals surface area contributed by atoms with Crippen LogP contribution in [0.5, 0.6) is 0 Å². The third kappa shape index (κ3) is 1.71. The van der Waals surface area contributed by atoms with Gasteiger partial charge in [0, 0.05) is 41.9 Å². The Hall–Kier alpha value is -2.07. The number of para-hydroxylation sites is 1. The Balaban J connectivity index is 2.11. The maximum absolute atomic E-state index is 5.59. The molecule has 1 aromatic carbocycles. The third-order valence-electron chi connectivity index (χ3n) is 3.21. The molecule has 3 aromatic rings. The SMILES string of the molecule is Cc1nc(-c2c[nH]c3ccccc23)cn1CCN. The molecular formula is C14H16N4. The van der Waals surface area contributed by atoms with Crippen LogP contribution in [0.4, 0.5) is 0 Å². The number of nitrogens with one attached hydrogen (secondary N) is 1. The van der Waals surface area contributed by atoms with E-state index in [0.29, 0.717) is 6.54 Å². The molecule has 18 heavy (non-hydrogen) atoms. The highest BCUT2D eigenvalue weighted by Gasteiger charge is 2.10. The molecule has 0 saturated carbocycles. The van der Waals surface area contributed by atoms with Crippen LogP contribution < -0.4 is 5.73 Å². The van der Waals surface area contributed by atoms with Gasteiger partial charge < -0.3 is 15.3 Å². The monoisotopic (exact) mass is 240 g/mol. The highest BCUT2D eigenvalue weighted by atomic mass is 15.1. The zero-order valence-electron chi connectivity index (χ0n) is 10.4. The van der Waals surface area contributed by atoms with Crippen molar-refractivity contribution < 1.29 is 0 Å². The summed E-state index contributed by atoms with van der Waals surface area (Å²) in [5.74, 6) is 1.00. The summed E-state index contributed by atoms with van der Waals surface area (Å²) < 4.78 is 2.09. The first-order chi connectivity index (χ1) is 8.79. The first-order valence-corrected chi connectivity index (χ1v) is 6.10. The molecule has 4 nitrogen and oxygen atoms in total. The Bertz CT molecular complexity index is 678. The molecule has 0 aliphatic carbocycles. The lowest BCUT2D eigenvalue weighted by Crippen LogP contribution is -2.10. The lowest BCUT2D eigenvalue weighted by Gasteiger charge is -1.99. The number of rotatable bonds is 3. The summed E-state index contributed by atoms with van der Waals surface area (Å²) in [5, 5.41) is 1.20. The smallest absolute Gasteiger partial charge is 0.106 e. The fraction of sp³-hybridized carbons (Fsp3) is 0.214. The van der Waals surface area contributed by atoms with Gasteiger partial charge in [-0.1, -0.05) is 18.2 Å². The largest absolute Gasteiger partial charge is 0.360 e. The maximum atomic E-state index is 5.59. The number of aryl methyl sites for hydroxylation is 1. The van der Waals surface area contributed by atoms with Gasteiger partial charge in [-0.05, 0) is 13.0 Å². The van der Waals surface area contributed by atoms with Crippen molar-refractivity contribution in [2.45, 2.75) is 13.5 Å². The summed E-state index contributed by atoms with van der Waals surface area (Å²) in [5.41, 5.74) is 8.87. The Morgan fingerprint density at radius 3 is 3.00 bits per heavy atom. The van der Waals surface area contributed by atoms with E-state index in [1.54, 1.807) is 0 Å². The topological polar surface area (TPSA) is 59.6 Å². The summed E-state index contributed by atoms with van der Waals surface area (Å²) in [6, 6.07) is 8.26. The van der Waals surface area contributed by atoms with Crippen molar-refractivity contribution in [2.75, 3.05) is 6.54 Å². The third-order valence-corrected chi connectivity index (χ3v) is 3.21. The number of aromatic nitrogens is 3. The van der Waals surface area contributed by atoms with Crippen LogP contribution in [0.3, 0.4) is 0 Å². The van der Waals surface area contributed by atoms with Gasteiger partial charge in [-0.25, -0.2) is 4.98 Å². The molecule has 0 atom stereocenters. The van der Waals surface area contributed by atoms with Crippen molar-refractivity contribution in [3.8, 4) is 11.3 Å². The standard InChI is InChI=1S/C14H16N4/c1-10-17-14(9-18(10)7-6-15)12-8-16-13-5-3-2-4-11(12)13/h2-5,8-9,16H,6-7,15H2,1H3. The fourth-order valence-electron chi connectivity index (χ4n) is 2.29. The van der Waals surface area contributed by atoms with Gasteiger partial charge in [0.15, 0.2) is 0 Å². The van der Waals surface area contributed by atoms with Crippen molar-refractivity contribution in [1.82, 2.24) is 14.5 Å². The summed E-state index contributed by atoms with van der Waals surface area (Å²) in [6.45, 7) is 3.44. The Labute approximate surface area is 105 Å². The minimum Gasteiger partial charge on any atom is -0.360 e. The van der Waals surface area contributed by atoms with Gasteiger partial charge in [-0.2, -0.15) is 0 Å². The Morgan fingerprint density at radius 2 is 2.17 bits per heavy atom. The molecule has 0 amide bonds. The summed E-state index contributed by atoms with van der Waals surface area (Å²) in [7, 11) is 0. The minimum absolute atomic E-state index is 0.629. The molecular weight excluding hydrogens is 224 g/mol. The summed E-state index contributed by atoms with van der Waals surface area (Å²) in [6.07, 6.45) is 4.08. The molecule has 2 aromatic heterocycles. The van der Waals surface area contributed by atoms with Crippen molar-refractivity contribution in [3.63, 3.8) is 0 Å². The first-order valence-electron chi connectivity index (χ1n) is 6.10. The number of benzene rings is 1. The van der Waals surface area contributed by atoms with E-state index in [4.69, 9.17) is 5.73 Å². The molecule has 0 radical (unpaired) electrons. The van der Waals surface area contributed by atoms with Crippen LogP contribution in [-0.4, -0.2) is 21.1 Å². The molecule has 92 valence electrons. The Morgan fingerprint density at radius 1 is 1.33 bits per heavy atom. The van der Waals surface area contributed by atoms with Crippen LogP contribution in [0.25, 0.3) is 22.2 Å². The van der Waals surface area contributed by atoms with Gasteiger partial charge in [-0.15, -0.1) is 0 Å². The highest BCUT2D eigenvalue weighted by Crippen LogP contribution is 2.27. The van der Waals surface area contributed by atoms with E-state index in [0.717, 1.165) is 29.1 Å². The van der Waals surface area contributed by atoms with E-state index in [2.05, 4.69) is 32.9 Å². The van der Waals surface area contributed by atoms with Crippen molar-refractivity contribution in [2.24, 2.45) is 5.73 Å². The second-order valence-corrected chi connectivity index (χ2v) is 4.40. The molecule has 0 saturated heterocycles. The number of fused-ring (bicyclic) bond motifs is 1. The van der Waals surface area contributed by atoms with Crippen LogP contribution in [0.15, 0.2) is 36.7 Å². The zero-order chi connectivity index (χ0) is 12.5. The fourth-order valence-corrected chi connectivity index (χ4v) is 2.29. The van der Waals surface area contributed by atoms with Crippen LogP contribution >= 0.6 is 0 Å². The molecule has 0 aliphatic heterocycles. The lowest BCUT2D eigenvalue weighted by atomic mass is 10.1. The normalized spacial score (nSPS) is 11.2. The predicted molar refractivity (Wildman–Crippen MR) is 73.3 cm³/mol. The van der Waals surface area contributed by atoms with E-state index in [-0.39, 0.29) is 0 Å². The molecule has 0 aliphatic rings. The van der Waals surface area contributed by atoms with E-state index < -0.39 is 0 Å². The molecule has 0 fully saturated rings. The number of hydrogen-bond acceptors (Lipinski definition) is 2. The van der Waals surface area contributed by atoms with Gasteiger partial charge in [0.2, 0.25) is 0 Å². The van der Waals surface area contributed by atoms with Gasteiger partial charge >= 0.3 is 0 Å². The average Bonchev–Trinajstić information content (AvgIpc) is 2.94. The van der Waals surface area contributed by atoms with Gasteiger partial charge in [-0.3, -0.25) is 0 Å². The molecule has 4 heteroatoms.